The number of aryl methyl sites for hydroxylation is 1. The van der Waals surface area contributed by atoms with E-state index in [1.807, 2.05) is 18.4 Å². The molecule has 0 unspecified atom stereocenters. The van der Waals surface area contributed by atoms with Crippen LogP contribution in [0.4, 0.5) is 11.4 Å². The molecule has 2 aliphatic heterocycles. The Morgan fingerprint density at radius 3 is 2.41 bits per heavy atom. The summed E-state index contributed by atoms with van der Waals surface area (Å²) in [5.41, 5.74) is 0.215. The van der Waals surface area contributed by atoms with Crippen molar-refractivity contribution in [1.82, 2.24) is 14.1 Å². The van der Waals surface area contributed by atoms with Crippen molar-refractivity contribution < 1.29 is 19.1 Å². The Bertz CT molecular complexity index is 1820. The predicted molar refractivity (Wildman–Crippen MR) is 156 cm³/mol. The van der Waals surface area contributed by atoms with E-state index in [1.165, 1.54) is 35.9 Å². The van der Waals surface area contributed by atoms with Crippen molar-refractivity contribution in [3.05, 3.63) is 86.0 Å². The van der Waals surface area contributed by atoms with Gasteiger partial charge in [-0.05, 0) is 44.2 Å². The Balaban J connectivity index is 1.72. The molecule has 1 N–H and O–H groups in total. The lowest BCUT2D eigenvalue weighted by molar-refractivity contribution is -0.119. The van der Waals surface area contributed by atoms with Crippen LogP contribution in [0.5, 0.6) is 11.5 Å². The first kappa shape index (κ1) is 26.9. The molecule has 1 spiro atoms. The van der Waals surface area contributed by atoms with E-state index in [1.54, 1.807) is 43.5 Å². The molecule has 2 aliphatic rings. The minimum absolute atomic E-state index is 0.0921. The summed E-state index contributed by atoms with van der Waals surface area (Å²) in [5, 5.41) is 3.25. The standard InChI is InChI=1S/C29H25Cl2N5O5/c1-14(2)35-24-23(33-25(35)18-8-7-17(40-4)12-22(18)41-5)27(38)36(16-11-20(31)26(37)34(3)13-16)29(24)19-9-6-15(30)10-21(19)32-28(29)39/h6-14H,1-5H3,(H,32,39)/t29-/m0/s1. The number of fused-ring (bicyclic) bond motifs is 4. The van der Waals surface area contributed by atoms with Gasteiger partial charge in [-0.25, -0.2) is 4.98 Å². The summed E-state index contributed by atoms with van der Waals surface area (Å²) in [6, 6.07) is 11.5. The van der Waals surface area contributed by atoms with Crippen LogP contribution >= 0.6 is 23.2 Å². The van der Waals surface area contributed by atoms with Crippen molar-refractivity contribution in [2.75, 3.05) is 24.4 Å². The molecule has 0 fully saturated rings. The fraction of sp³-hybridized carbons (Fsp3) is 0.241. The highest BCUT2D eigenvalue weighted by Crippen LogP contribution is 2.54. The van der Waals surface area contributed by atoms with Crippen LogP contribution < -0.4 is 25.2 Å². The zero-order chi connectivity index (χ0) is 29.4. The second-order valence-corrected chi connectivity index (χ2v) is 11.0. The van der Waals surface area contributed by atoms with Gasteiger partial charge in [0.05, 0.1) is 31.2 Å². The maximum Gasteiger partial charge on any atom is 0.280 e. The minimum atomic E-state index is -1.68. The summed E-state index contributed by atoms with van der Waals surface area (Å²) >= 11 is 12.6. The number of aromatic nitrogens is 3. The number of hydrogen-bond donors (Lipinski definition) is 1. The number of anilines is 2. The Kier molecular flexibility index (Phi) is 6.16. The van der Waals surface area contributed by atoms with Gasteiger partial charge >= 0.3 is 0 Å². The molecule has 4 aromatic rings. The molecule has 1 atom stereocenters. The number of ether oxygens (including phenoxy) is 2. The average Bonchev–Trinajstić information content (AvgIpc) is 3.54. The minimum Gasteiger partial charge on any atom is -0.497 e. The number of carbonyl (C=O) groups is 2. The molecule has 0 aliphatic carbocycles. The number of methoxy groups -OCH3 is 2. The van der Waals surface area contributed by atoms with Gasteiger partial charge in [0.15, 0.2) is 11.2 Å². The summed E-state index contributed by atoms with van der Waals surface area (Å²) < 4.78 is 14.2. The molecule has 6 rings (SSSR count). The molecule has 41 heavy (non-hydrogen) atoms. The average molecular weight is 594 g/mol. The largest absolute Gasteiger partial charge is 0.497 e. The molecule has 0 radical (unpaired) electrons. The second kappa shape index (κ2) is 9.39. The van der Waals surface area contributed by atoms with Crippen LogP contribution in [0.15, 0.2) is 53.5 Å². The number of pyridine rings is 1. The van der Waals surface area contributed by atoms with Crippen LogP contribution in [-0.2, 0) is 17.4 Å². The van der Waals surface area contributed by atoms with E-state index in [-0.39, 0.29) is 22.4 Å². The Labute approximate surface area is 245 Å². The smallest absolute Gasteiger partial charge is 0.280 e. The number of carbonyl (C=O) groups excluding carboxylic acids is 2. The van der Waals surface area contributed by atoms with E-state index in [0.717, 1.165) is 0 Å². The summed E-state index contributed by atoms with van der Waals surface area (Å²) in [6.45, 7) is 3.89. The van der Waals surface area contributed by atoms with Crippen molar-refractivity contribution in [3.8, 4) is 22.9 Å². The van der Waals surface area contributed by atoms with Gasteiger partial charge in [0, 0.05) is 41.6 Å². The monoisotopic (exact) mass is 593 g/mol. The van der Waals surface area contributed by atoms with E-state index in [0.29, 0.717) is 44.9 Å². The molecule has 10 nitrogen and oxygen atoms in total. The normalized spacial score (nSPS) is 17.3. The van der Waals surface area contributed by atoms with Crippen LogP contribution in [0.2, 0.25) is 10.0 Å². The number of rotatable bonds is 5. The van der Waals surface area contributed by atoms with Crippen molar-refractivity contribution in [2.45, 2.75) is 25.4 Å². The number of halogens is 2. The number of hydrogen-bond acceptors (Lipinski definition) is 6. The van der Waals surface area contributed by atoms with E-state index < -0.39 is 22.9 Å². The van der Waals surface area contributed by atoms with Crippen molar-refractivity contribution >= 4 is 46.4 Å². The van der Waals surface area contributed by atoms with Crippen LogP contribution in [0.1, 0.15) is 41.6 Å². The zero-order valence-corrected chi connectivity index (χ0v) is 24.3. The SMILES string of the molecule is COc1ccc(-c2nc3c(n2C(C)C)[C@@]2(C(=O)Nc4cc(Cl)ccc42)N(c2cc(Cl)c(=O)n(C)c2)C3=O)c(OC)c1. The molecule has 0 bridgehead atoms. The lowest BCUT2D eigenvalue weighted by Crippen LogP contribution is -2.51. The third-order valence-corrected chi connectivity index (χ3v) is 8.00. The van der Waals surface area contributed by atoms with Crippen LogP contribution in [0, 0.1) is 0 Å². The summed E-state index contributed by atoms with van der Waals surface area (Å²) in [7, 11) is 4.63. The second-order valence-electron chi connectivity index (χ2n) is 10.1. The highest BCUT2D eigenvalue weighted by atomic mass is 35.5. The van der Waals surface area contributed by atoms with Gasteiger partial charge in [-0.3, -0.25) is 19.3 Å². The van der Waals surface area contributed by atoms with Crippen molar-refractivity contribution in [3.63, 3.8) is 0 Å². The fourth-order valence-electron chi connectivity index (χ4n) is 5.78. The highest BCUT2D eigenvalue weighted by molar-refractivity contribution is 6.32. The Morgan fingerprint density at radius 2 is 1.76 bits per heavy atom. The molecule has 2 amide bonds. The van der Waals surface area contributed by atoms with E-state index >= 15 is 0 Å². The molecule has 2 aromatic carbocycles. The van der Waals surface area contributed by atoms with E-state index in [2.05, 4.69) is 5.32 Å². The number of amides is 2. The topological polar surface area (TPSA) is 108 Å². The fourth-order valence-corrected chi connectivity index (χ4v) is 6.20. The number of benzene rings is 2. The first-order valence-corrected chi connectivity index (χ1v) is 13.5. The van der Waals surface area contributed by atoms with Gasteiger partial charge < -0.3 is 23.9 Å². The van der Waals surface area contributed by atoms with Crippen molar-refractivity contribution in [2.24, 2.45) is 7.05 Å². The number of nitrogens with one attached hydrogen (secondary N) is 1. The van der Waals surface area contributed by atoms with E-state index in [4.69, 9.17) is 37.7 Å². The summed E-state index contributed by atoms with van der Waals surface area (Å²) in [6.07, 6.45) is 1.48. The molecule has 2 aromatic heterocycles. The van der Waals surface area contributed by atoms with Crippen molar-refractivity contribution in [1.29, 1.82) is 0 Å². The van der Waals surface area contributed by atoms with Gasteiger partial charge in [0.2, 0.25) is 0 Å². The van der Waals surface area contributed by atoms with Crippen LogP contribution in [0.3, 0.4) is 0 Å². The summed E-state index contributed by atoms with van der Waals surface area (Å²) in [5.74, 6) is 0.529. The zero-order valence-electron chi connectivity index (χ0n) is 22.8. The lowest BCUT2D eigenvalue weighted by Gasteiger charge is -2.35. The van der Waals surface area contributed by atoms with Gasteiger partial charge in [-0.15, -0.1) is 0 Å². The van der Waals surface area contributed by atoms with Crippen LogP contribution in [-0.4, -0.2) is 40.2 Å². The molecule has 4 heterocycles. The first-order valence-electron chi connectivity index (χ1n) is 12.7. The summed E-state index contributed by atoms with van der Waals surface area (Å²) in [4.78, 5) is 47.4. The van der Waals surface area contributed by atoms with Gasteiger partial charge in [-0.1, -0.05) is 29.3 Å². The molecular weight excluding hydrogens is 569 g/mol. The maximum atomic E-state index is 14.4. The molecule has 12 heteroatoms. The molecule has 0 saturated heterocycles. The highest BCUT2D eigenvalue weighted by Gasteiger charge is 2.64. The molecular formula is C29H25Cl2N5O5. The van der Waals surface area contributed by atoms with Gasteiger partial charge in [0.1, 0.15) is 22.3 Å². The lowest BCUT2D eigenvalue weighted by atomic mass is 9.87. The Morgan fingerprint density at radius 1 is 1.00 bits per heavy atom. The molecule has 210 valence electrons. The third-order valence-electron chi connectivity index (χ3n) is 7.49. The predicted octanol–water partition coefficient (Wildman–Crippen LogP) is 5.01. The quantitative estimate of drug-likeness (QED) is 0.348. The maximum absolute atomic E-state index is 14.4. The van der Waals surface area contributed by atoms with Gasteiger partial charge in [-0.2, -0.15) is 0 Å². The van der Waals surface area contributed by atoms with Gasteiger partial charge in [0.25, 0.3) is 17.4 Å². The Hall–Kier alpha value is -4.28. The number of nitrogens with zero attached hydrogens (tertiary/aromatic N) is 4. The molecule has 0 saturated carbocycles. The van der Waals surface area contributed by atoms with E-state index in [9.17, 15) is 14.4 Å². The first-order chi connectivity index (χ1) is 19.5. The third kappa shape index (κ3) is 3.63. The number of imidazole rings is 1. The van der Waals surface area contributed by atoms with Crippen LogP contribution in [0.25, 0.3) is 11.4 Å².